The Morgan fingerprint density at radius 1 is 0.542 bits per heavy atom. The van der Waals surface area contributed by atoms with E-state index in [1.807, 2.05) is 54.7 Å². The topological polar surface area (TPSA) is 50.9 Å². The third-order valence-corrected chi connectivity index (χ3v) is 14.9. The van der Waals surface area contributed by atoms with E-state index in [1.165, 1.54) is 47.9 Å². The van der Waals surface area contributed by atoms with Crippen molar-refractivity contribution in [1.29, 1.82) is 0 Å². The molecule has 0 unspecified atom stereocenters. The van der Waals surface area contributed by atoms with Crippen LogP contribution in [0.1, 0.15) is 82.6 Å². The number of hydrogen-bond acceptors (Lipinski definition) is 3. The van der Waals surface area contributed by atoms with Crippen LogP contribution in [0.4, 0.5) is 0 Å². The smallest absolute Gasteiger partial charge is 0.148 e. The standard InChI is InChI=1S/C67H60N3O.Pt/c1-66(2,3)55-42-51(40-52(43-55)60-44-50(36-37-68-60)49-26-17-29-54(41-49)67(4,5)53-27-13-8-14-28-53)56-30-19-33-62-63(56)69-65(58-32-18-31-57(64(58)71)47-22-9-6-10-23-47)70(62)61-35-34-46(38-45-20-15-16-21-45)39-59(61)48-24-11-7-12-25-48;/h6-14,17-19,22-37,39,41-45,71H,15-16,20-21,38H2,1-5H3;/q-1;. The average Bonchev–Trinajstić information content (AvgIpc) is 4.07. The Hall–Kier alpha value is -7.13. The number of aromatic hydroxyl groups is 1. The van der Waals surface area contributed by atoms with Gasteiger partial charge in [0.15, 0.2) is 0 Å². The molecule has 1 aliphatic rings. The Labute approximate surface area is 439 Å². The van der Waals surface area contributed by atoms with Crippen LogP contribution in [0.25, 0.3) is 83.9 Å². The van der Waals surface area contributed by atoms with Crippen molar-refractivity contribution in [1.82, 2.24) is 14.5 Å². The number of para-hydroxylation sites is 2. The molecule has 8 aromatic carbocycles. The number of phenols is 1. The first-order chi connectivity index (χ1) is 34.5. The van der Waals surface area contributed by atoms with E-state index in [4.69, 9.17) is 9.97 Å². The Morgan fingerprint density at radius 3 is 1.86 bits per heavy atom. The van der Waals surface area contributed by atoms with Crippen LogP contribution in [0.5, 0.6) is 5.75 Å². The SMILES string of the molecule is CC(C)(C)c1cc(-c2cc(-c3cccc(C(C)(C)c4ccccc4)c3)ccn2)[c-]c(-c2cccc3c2nc(-c2cccc(-c4ccccc4)c2O)n3-c2ccc(CC3CCCC3)cc2-c2ccccc2)c1.[Pt]. The molecule has 360 valence electrons. The van der Waals surface area contributed by atoms with E-state index in [0.29, 0.717) is 17.3 Å². The molecule has 11 rings (SSSR count). The number of rotatable bonds is 11. The monoisotopic (exact) mass is 1120 g/mol. The first kappa shape index (κ1) is 48.5. The summed E-state index contributed by atoms with van der Waals surface area (Å²) < 4.78 is 2.27. The number of hydrogen-bond donors (Lipinski definition) is 1. The molecule has 1 N–H and O–H groups in total. The first-order valence-electron chi connectivity index (χ1n) is 25.3. The molecule has 0 aliphatic heterocycles. The molecular formula is C67H60N3OPt-. The number of imidazole rings is 1. The maximum atomic E-state index is 12.4. The summed E-state index contributed by atoms with van der Waals surface area (Å²) in [5, 5.41) is 12.4. The second kappa shape index (κ2) is 20.2. The Bertz CT molecular complexity index is 3530. The van der Waals surface area contributed by atoms with Gasteiger partial charge in [0.2, 0.25) is 0 Å². The van der Waals surface area contributed by atoms with Crippen molar-refractivity contribution in [3.8, 4) is 78.6 Å². The molecule has 10 aromatic rings. The van der Waals surface area contributed by atoms with E-state index in [2.05, 4.69) is 191 Å². The third-order valence-electron chi connectivity index (χ3n) is 14.9. The molecule has 1 fully saturated rings. The van der Waals surface area contributed by atoms with Crippen LogP contribution in [0.3, 0.4) is 0 Å². The predicted octanol–water partition coefficient (Wildman–Crippen LogP) is 17.3. The van der Waals surface area contributed by atoms with Gasteiger partial charge in [-0.3, -0.25) is 9.55 Å². The van der Waals surface area contributed by atoms with E-state index in [-0.39, 0.29) is 37.6 Å². The molecule has 0 atom stereocenters. The normalized spacial score (nSPS) is 13.1. The van der Waals surface area contributed by atoms with Gasteiger partial charge in [-0.15, -0.1) is 29.3 Å². The van der Waals surface area contributed by atoms with Crippen molar-refractivity contribution < 1.29 is 26.2 Å². The Morgan fingerprint density at radius 2 is 1.14 bits per heavy atom. The fraction of sp³-hybridized carbons (Fsp3) is 0.194. The second-order valence-electron chi connectivity index (χ2n) is 21.0. The van der Waals surface area contributed by atoms with Gasteiger partial charge < -0.3 is 5.11 Å². The summed E-state index contributed by atoms with van der Waals surface area (Å²) >= 11 is 0. The number of aromatic nitrogens is 3. The molecule has 1 aliphatic carbocycles. The summed E-state index contributed by atoms with van der Waals surface area (Å²) in [6.07, 6.45) is 8.20. The van der Waals surface area contributed by atoms with E-state index in [9.17, 15) is 5.11 Å². The summed E-state index contributed by atoms with van der Waals surface area (Å²) in [6.45, 7) is 11.4. The van der Waals surface area contributed by atoms with Crippen LogP contribution in [0.2, 0.25) is 0 Å². The molecule has 1 saturated carbocycles. The van der Waals surface area contributed by atoms with E-state index < -0.39 is 0 Å². The fourth-order valence-electron chi connectivity index (χ4n) is 10.8. The van der Waals surface area contributed by atoms with Crippen molar-refractivity contribution in [3.05, 3.63) is 229 Å². The molecule has 2 aromatic heterocycles. The minimum Gasteiger partial charge on any atom is -0.507 e. The Balaban J connectivity index is 0.00000596. The molecule has 0 bridgehead atoms. The fourth-order valence-corrected chi connectivity index (χ4v) is 10.8. The summed E-state index contributed by atoms with van der Waals surface area (Å²) in [5.41, 5.74) is 18.0. The molecule has 2 heterocycles. The zero-order chi connectivity index (χ0) is 48.7. The quantitative estimate of drug-likeness (QED) is 0.131. The van der Waals surface area contributed by atoms with Crippen molar-refractivity contribution in [2.45, 2.75) is 77.6 Å². The van der Waals surface area contributed by atoms with Crippen LogP contribution in [0, 0.1) is 12.0 Å². The zero-order valence-corrected chi connectivity index (χ0v) is 44.0. The molecule has 0 spiro atoms. The van der Waals surface area contributed by atoms with Crippen LogP contribution >= 0.6 is 0 Å². The minimum absolute atomic E-state index is 0. The van der Waals surface area contributed by atoms with Gasteiger partial charge in [0, 0.05) is 49.5 Å². The van der Waals surface area contributed by atoms with Gasteiger partial charge in [0.1, 0.15) is 11.6 Å². The number of pyridine rings is 1. The van der Waals surface area contributed by atoms with E-state index in [1.54, 1.807) is 0 Å². The van der Waals surface area contributed by atoms with Crippen molar-refractivity contribution in [3.63, 3.8) is 0 Å². The van der Waals surface area contributed by atoms with Crippen molar-refractivity contribution in [2.24, 2.45) is 5.92 Å². The molecule has 0 amide bonds. The summed E-state index contributed by atoms with van der Waals surface area (Å²) in [5.74, 6) is 1.57. The molecule has 72 heavy (non-hydrogen) atoms. The number of phenolic OH excluding ortho intramolecular Hbond substituents is 1. The molecule has 5 heteroatoms. The summed E-state index contributed by atoms with van der Waals surface area (Å²) in [7, 11) is 0. The number of benzene rings is 8. The van der Waals surface area contributed by atoms with Crippen LogP contribution in [-0.4, -0.2) is 19.6 Å². The van der Waals surface area contributed by atoms with Gasteiger partial charge in [0.25, 0.3) is 0 Å². The Kier molecular flexibility index (Phi) is 13.6. The van der Waals surface area contributed by atoms with Gasteiger partial charge in [-0.25, -0.2) is 4.98 Å². The molecule has 4 nitrogen and oxygen atoms in total. The summed E-state index contributed by atoms with van der Waals surface area (Å²) in [4.78, 5) is 10.7. The first-order valence-corrected chi connectivity index (χ1v) is 25.3. The van der Waals surface area contributed by atoms with E-state index >= 15 is 0 Å². The zero-order valence-electron chi connectivity index (χ0n) is 41.8. The van der Waals surface area contributed by atoms with Crippen LogP contribution in [0.15, 0.2) is 200 Å². The van der Waals surface area contributed by atoms with E-state index in [0.717, 1.165) is 78.9 Å². The minimum atomic E-state index is -0.180. The largest absolute Gasteiger partial charge is 0.507 e. The van der Waals surface area contributed by atoms with Gasteiger partial charge in [-0.05, 0) is 87.0 Å². The number of nitrogens with zero attached hydrogens (tertiary/aromatic N) is 3. The molecule has 0 radical (unpaired) electrons. The average molecular weight is 1120 g/mol. The van der Waals surface area contributed by atoms with Gasteiger partial charge in [-0.1, -0.05) is 223 Å². The third kappa shape index (κ3) is 9.53. The number of fused-ring (bicyclic) bond motifs is 1. The maximum Gasteiger partial charge on any atom is 0.148 e. The summed E-state index contributed by atoms with van der Waals surface area (Å²) in [6, 6.07) is 72.7. The maximum absolute atomic E-state index is 12.4. The van der Waals surface area contributed by atoms with Crippen LogP contribution < -0.4 is 0 Å². The van der Waals surface area contributed by atoms with Crippen LogP contribution in [-0.2, 0) is 38.3 Å². The molecule has 0 saturated heterocycles. The molecular weight excluding hydrogens is 1060 g/mol. The predicted molar refractivity (Wildman–Crippen MR) is 295 cm³/mol. The van der Waals surface area contributed by atoms with Gasteiger partial charge in [-0.2, -0.15) is 0 Å². The van der Waals surface area contributed by atoms with Crippen molar-refractivity contribution >= 4 is 11.0 Å². The van der Waals surface area contributed by atoms with Crippen molar-refractivity contribution in [2.75, 3.05) is 0 Å². The van der Waals surface area contributed by atoms with Gasteiger partial charge in [0.05, 0.1) is 22.3 Å². The second-order valence-corrected chi connectivity index (χ2v) is 21.0. The van der Waals surface area contributed by atoms with Gasteiger partial charge >= 0.3 is 0 Å².